The van der Waals surface area contributed by atoms with Gasteiger partial charge >= 0.3 is 0 Å². The van der Waals surface area contributed by atoms with Gasteiger partial charge in [0.1, 0.15) is 0 Å². The molecule has 2 aromatic carbocycles. The second kappa shape index (κ2) is 7.23. The van der Waals surface area contributed by atoms with E-state index in [2.05, 4.69) is 0 Å². The second-order valence-corrected chi connectivity index (χ2v) is 8.46. The monoisotopic (exact) mass is 363 g/mol. The molecular weight excluding hydrogens is 341 g/mol. The maximum absolute atomic E-state index is 15.4. The maximum atomic E-state index is 15.4. The molecule has 1 fully saturated rings. The highest BCUT2D eigenvalue weighted by Gasteiger charge is 2.39. The van der Waals surface area contributed by atoms with E-state index in [4.69, 9.17) is 4.74 Å². The third-order valence-electron chi connectivity index (χ3n) is 4.33. The first-order valence-electron chi connectivity index (χ1n) is 8.27. The molecule has 0 spiro atoms. The van der Waals surface area contributed by atoms with E-state index < -0.39 is 15.7 Å². The summed E-state index contributed by atoms with van der Waals surface area (Å²) in [5.74, 6) is 0. The number of benzene rings is 2. The van der Waals surface area contributed by atoms with Crippen molar-refractivity contribution in [2.75, 3.05) is 26.3 Å². The van der Waals surface area contributed by atoms with Gasteiger partial charge in [-0.2, -0.15) is 4.31 Å². The van der Waals surface area contributed by atoms with Crippen molar-refractivity contribution in [2.45, 2.75) is 23.9 Å². The van der Waals surface area contributed by atoms with E-state index in [1.807, 2.05) is 37.3 Å². The molecule has 1 heterocycles. The topological polar surface area (TPSA) is 46.6 Å². The number of halogens is 1. The van der Waals surface area contributed by atoms with Crippen molar-refractivity contribution in [2.24, 2.45) is 0 Å². The van der Waals surface area contributed by atoms with E-state index in [1.165, 1.54) is 4.31 Å². The third-order valence-corrected chi connectivity index (χ3v) is 6.19. The summed E-state index contributed by atoms with van der Waals surface area (Å²) in [6.45, 7) is 1.91. The molecule has 0 amide bonds. The van der Waals surface area contributed by atoms with E-state index in [0.717, 1.165) is 11.1 Å². The largest absolute Gasteiger partial charge is 0.377 e. The fraction of sp³-hybridized carbons (Fsp3) is 0.368. The summed E-state index contributed by atoms with van der Waals surface area (Å²) in [5, 5.41) is 0. The standard InChI is InChI=1S/C19H22FNO3S/c1-16-7-9-18(10-8-16)25(22,23)21-11-12-24-15-19(20,14-21)13-17-5-3-2-4-6-17/h2-10H,11-15H2,1H3. The van der Waals surface area contributed by atoms with Crippen LogP contribution in [0.5, 0.6) is 0 Å². The minimum absolute atomic E-state index is 0.109. The molecule has 0 radical (unpaired) electrons. The van der Waals surface area contributed by atoms with Gasteiger partial charge in [0.2, 0.25) is 10.0 Å². The van der Waals surface area contributed by atoms with Crippen LogP contribution in [0.25, 0.3) is 0 Å². The van der Waals surface area contributed by atoms with Crippen LogP contribution in [0.2, 0.25) is 0 Å². The molecule has 6 heteroatoms. The number of nitrogens with zero attached hydrogens (tertiary/aromatic N) is 1. The highest BCUT2D eigenvalue weighted by Crippen LogP contribution is 2.26. The van der Waals surface area contributed by atoms with E-state index in [1.54, 1.807) is 24.3 Å². The molecule has 134 valence electrons. The zero-order valence-electron chi connectivity index (χ0n) is 14.2. The fourth-order valence-electron chi connectivity index (χ4n) is 3.00. The summed E-state index contributed by atoms with van der Waals surface area (Å²) in [5.41, 5.74) is 0.0422. The van der Waals surface area contributed by atoms with Gasteiger partial charge in [0, 0.05) is 13.0 Å². The van der Waals surface area contributed by atoms with Gasteiger partial charge in [-0.1, -0.05) is 48.0 Å². The molecule has 1 unspecified atom stereocenters. The highest BCUT2D eigenvalue weighted by atomic mass is 32.2. The zero-order chi connectivity index (χ0) is 17.9. The van der Waals surface area contributed by atoms with Gasteiger partial charge in [-0.15, -0.1) is 0 Å². The van der Waals surface area contributed by atoms with Crippen LogP contribution in [0, 0.1) is 6.92 Å². The van der Waals surface area contributed by atoms with Crippen LogP contribution in [0.4, 0.5) is 4.39 Å². The van der Waals surface area contributed by atoms with Crippen molar-refractivity contribution in [3.63, 3.8) is 0 Å². The van der Waals surface area contributed by atoms with Gasteiger partial charge in [0.05, 0.1) is 24.7 Å². The molecule has 1 atom stereocenters. The summed E-state index contributed by atoms with van der Waals surface area (Å²) in [4.78, 5) is 0.182. The van der Waals surface area contributed by atoms with Gasteiger partial charge in [-0.25, -0.2) is 12.8 Å². The normalized spacial score (nSPS) is 22.5. The lowest BCUT2D eigenvalue weighted by atomic mass is 9.97. The minimum Gasteiger partial charge on any atom is -0.377 e. The molecule has 2 aromatic rings. The zero-order valence-corrected chi connectivity index (χ0v) is 15.0. The van der Waals surface area contributed by atoms with Crippen LogP contribution < -0.4 is 0 Å². The number of ether oxygens (including phenoxy) is 1. The molecule has 0 aliphatic carbocycles. The van der Waals surface area contributed by atoms with Crippen molar-refractivity contribution in [1.82, 2.24) is 4.31 Å². The number of aryl methyl sites for hydroxylation is 1. The molecule has 0 aromatic heterocycles. The summed E-state index contributed by atoms with van der Waals surface area (Å²) in [6, 6.07) is 15.8. The lowest BCUT2D eigenvalue weighted by molar-refractivity contribution is 0.0363. The Morgan fingerprint density at radius 3 is 2.48 bits per heavy atom. The summed E-state index contributed by atoms with van der Waals surface area (Å²) in [7, 11) is -3.75. The fourth-order valence-corrected chi connectivity index (χ4v) is 4.49. The predicted molar refractivity (Wildman–Crippen MR) is 94.7 cm³/mol. The third kappa shape index (κ3) is 4.26. The Morgan fingerprint density at radius 1 is 1.12 bits per heavy atom. The van der Waals surface area contributed by atoms with Crippen molar-refractivity contribution in [3.05, 3.63) is 65.7 Å². The van der Waals surface area contributed by atoms with E-state index in [9.17, 15) is 8.42 Å². The van der Waals surface area contributed by atoms with Crippen LogP contribution in [-0.4, -0.2) is 44.7 Å². The lowest BCUT2D eigenvalue weighted by Gasteiger charge is -2.28. The van der Waals surface area contributed by atoms with E-state index in [0.29, 0.717) is 0 Å². The highest BCUT2D eigenvalue weighted by molar-refractivity contribution is 7.89. The Bertz CT molecular complexity index is 808. The molecule has 0 saturated carbocycles. The average molecular weight is 363 g/mol. The van der Waals surface area contributed by atoms with E-state index >= 15 is 4.39 Å². The molecule has 1 saturated heterocycles. The molecule has 0 bridgehead atoms. The number of sulfonamides is 1. The van der Waals surface area contributed by atoms with Crippen molar-refractivity contribution in [3.8, 4) is 0 Å². The first-order valence-corrected chi connectivity index (χ1v) is 9.71. The van der Waals surface area contributed by atoms with Crippen LogP contribution in [-0.2, 0) is 21.2 Å². The summed E-state index contributed by atoms with van der Waals surface area (Å²) < 4.78 is 47.8. The number of hydrogen-bond donors (Lipinski definition) is 0. The van der Waals surface area contributed by atoms with Gasteiger partial charge in [0.25, 0.3) is 0 Å². The van der Waals surface area contributed by atoms with Gasteiger partial charge in [0.15, 0.2) is 5.67 Å². The SMILES string of the molecule is Cc1ccc(S(=O)(=O)N2CCOCC(F)(Cc3ccccc3)C2)cc1. The molecule has 1 aliphatic heterocycles. The Morgan fingerprint density at radius 2 is 1.80 bits per heavy atom. The smallest absolute Gasteiger partial charge is 0.243 e. The van der Waals surface area contributed by atoms with Crippen LogP contribution in [0.3, 0.4) is 0 Å². The lowest BCUT2D eigenvalue weighted by Crippen LogP contribution is -2.45. The first kappa shape index (κ1) is 18.0. The second-order valence-electron chi connectivity index (χ2n) is 6.52. The van der Waals surface area contributed by atoms with Gasteiger partial charge in [-0.3, -0.25) is 0 Å². The first-order chi connectivity index (χ1) is 11.9. The van der Waals surface area contributed by atoms with Crippen molar-refractivity contribution in [1.29, 1.82) is 0 Å². The maximum Gasteiger partial charge on any atom is 0.243 e. The molecular formula is C19H22FNO3S. The van der Waals surface area contributed by atoms with Crippen LogP contribution in [0.1, 0.15) is 11.1 Å². The minimum atomic E-state index is -3.75. The number of rotatable bonds is 4. The molecule has 4 nitrogen and oxygen atoms in total. The van der Waals surface area contributed by atoms with Gasteiger partial charge < -0.3 is 4.74 Å². The summed E-state index contributed by atoms with van der Waals surface area (Å²) in [6.07, 6.45) is 0.119. The predicted octanol–water partition coefficient (Wildman–Crippen LogP) is 2.97. The molecule has 3 rings (SSSR count). The van der Waals surface area contributed by atoms with Crippen LogP contribution in [0.15, 0.2) is 59.5 Å². The van der Waals surface area contributed by atoms with Crippen molar-refractivity contribution < 1.29 is 17.5 Å². The van der Waals surface area contributed by atoms with Crippen molar-refractivity contribution >= 4 is 10.0 Å². The number of hydrogen-bond acceptors (Lipinski definition) is 3. The Hall–Kier alpha value is -1.76. The molecule has 0 N–H and O–H groups in total. The number of alkyl halides is 1. The molecule has 1 aliphatic rings. The quantitative estimate of drug-likeness (QED) is 0.839. The van der Waals surface area contributed by atoms with Crippen LogP contribution >= 0.6 is 0 Å². The Balaban J connectivity index is 1.85. The molecule has 25 heavy (non-hydrogen) atoms. The summed E-state index contributed by atoms with van der Waals surface area (Å²) >= 11 is 0. The van der Waals surface area contributed by atoms with E-state index in [-0.39, 0.29) is 37.6 Å². The Labute approximate surface area is 148 Å². The Kier molecular flexibility index (Phi) is 5.22. The van der Waals surface area contributed by atoms with Gasteiger partial charge in [-0.05, 0) is 24.6 Å². The average Bonchev–Trinajstić information content (AvgIpc) is 2.78.